The Bertz CT molecular complexity index is 1080. The summed E-state index contributed by atoms with van der Waals surface area (Å²) in [4.78, 5) is 38.1. The van der Waals surface area contributed by atoms with Gasteiger partial charge < -0.3 is 31.2 Å². The van der Waals surface area contributed by atoms with Crippen LogP contribution in [0.3, 0.4) is 0 Å². The second kappa shape index (κ2) is 21.3. The highest BCUT2D eigenvalue weighted by Crippen LogP contribution is 2.25. The maximum absolute atomic E-state index is 13.2. The minimum absolute atomic E-state index is 0.0471. The number of amides is 3. The van der Waals surface area contributed by atoms with Gasteiger partial charge in [0.05, 0.1) is 13.2 Å². The van der Waals surface area contributed by atoms with Crippen LogP contribution >= 0.6 is 0 Å². The largest absolute Gasteiger partial charge is 0.445 e. The first-order valence-electron chi connectivity index (χ1n) is 16.4. The minimum atomic E-state index is -0.894. The standard InChI is InChI=1S/C35H52N4O5/c36-31(27-43-25-29-17-8-4-9-18-29)33(40)39-32(34(41)37-24-14-21-28-15-6-2-1-3-7-16-28)22-12-13-23-38-35(42)44-26-30-19-10-5-11-20-30/h4-5,8-11,17-20,28,31-32H,1-3,6-7,12-16,21-27,36H2,(H,37,41)(H,38,42)(H,39,40)/t31-,32-/m0/s1. The molecule has 3 amide bonds. The Morgan fingerprint density at radius 3 is 2.05 bits per heavy atom. The number of hydrogen-bond acceptors (Lipinski definition) is 6. The molecule has 0 spiro atoms. The Labute approximate surface area is 263 Å². The van der Waals surface area contributed by atoms with Crippen LogP contribution in [0.15, 0.2) is 60.7 Å². The third-order valence-corrected chi connectivity index (χ3v) is 8.09. The molecular weight excluding hydrogens is 556 g/mol. The summed E-state index contributed by atoms with van der Waals surface area (Å²) in [6.45, 7) is 1.60. The Balaban J connectivity index is 1.40. The number of benzene rings is 2. The van der Waals surface area contributed by atoms with E-state index in [1.54, 1.807) is 0 Å². The highest BCUT2D eigenvalue weighted by atomic mass is 16.5. The van der Waals surface area contributed by atoms with E-state index in [9.17, 15) is 14.4 Å². The van der Waals surface area contributed by atoms with Crippen LogP contribution in [0, 0.1) is 5.92 Å². The number of alkyl carbamates (subject to hydrolysis) is 1. The maximum atomic E-state index is 13.2. The predicted molar refractivity (Wildman–Crippen MR) is 173 cm³/mol. The molecule has 242 valence electrons. The average molecular weight is 609 g/mol. The van der Waals surface area contributed by atoms with Crippen molar-refractivity contribution in [3.63, 3.8) is 0 Å². The molecule has 0 radical (unpaired) electrons. The van der Waals surface area contributed by atoms with E-state index >= 15 is 0 Å². The summed E-state index contributed by atoms with van der Waals surface area (Å²) >= 11 is 0. The summed E-state index contributed by atoms with van der Waals surface area (Å²) in [6.07, 6.45) is 12.4. The van der Waals surface area contributed by atoms with Gasteiger partial charge in [-0.3, -0.25) is 9.59 Å². The second-order valence-electron chi connectivity index (χ2n) is 11.8. The fourth-order valence-electron chi connectivity index (χ4n) is 5.49. The quantitative estimate of drug-likeness (QED) is 0.168. The number of unbranched alkanes of at least 4 members (excludes halogenated alkanes) is 1. The molecule has 2 aromatic carbocycles. The van der Waals surface area contributed by atoms with Gasteiger partial charge in [-0.2, -0.15) is 0 Å². The molecule has 1 aliphatic rings. The third kappa shape index (κ3) is 14.8. The summed E-state index contributed by atoms with van der Waals surface area (Å²) < 4.78 is 10.9. The van der Waals surface area contributed by atoms with E-state index in [4.69, 9.17) is 15.2 Å². The van der Waals surface area contributed by atoms with Gasteiger partial charge in [-0.15, -0.1) is 0 Å². The van der Waals surface area contributed by atoms with Gasteiger partial charge in [-0.05, 0) is 49.1 Å². The summed E-state index contributed by atoms with van der Waals surface area (Å²) in [7, 11) is 0. The minimum Gasteiger partial charge on any atom is -0.445 e. The van der Waals surface area contributed by atoms with Crippen LogP contribution in [0.2, 0.25) is 0 Å². The monoisotopic (exact) mass is 608 g/mol. The van der Waals surface area contributed by atoms with Crippen molar-refractivity contribution in [2.75, 3.05) is 19.7 Å². The molecule has 1 fully saturated rings. The van der Waals surface area contributed by atoms with Crippen molar-refractivity contribution in [3.05, 3.63) is 71.8 Å². The number of hydrogen-bond donors (Lipinski definition) is 4. The lowest BCUT2D eigenvalue weighted by Gasteiger charge is -2.22. The Morgan fingerprint density at radius 1 is 0.750 bits per heavy atom. The number of carbonyl (C=O) groups is 3. The zero-order valence-electron chi connectivity index (χ0n) is 26.1. The number of carbonyl (C=O) groups excluding carboxylic acids is 3. The first kappa shape index (κ1) is 35.1. The molecule has 2 atom stereocenters. The van der Waals surface area contributed by atoms with Crippen molar-refractivity contribution < 1.29 is 23.9 Å². The van der Waals surface area contributed by atoms with Crippen molar-refractivity contribution in [1.29, 1.82) is 0 Å². The van der Waals surface area contributed by atoms with Crippen LogP contribution in [-0.4, -0.2) is 49.7 Å². The van der Waals surface area contributed by atoms with E-state index in [1.807, 2.05) is 60.7 Å². The molecule has 3 rings (SSSR count). The lowest BCUT2D eigenvalue weighted by atomic mass is 9.88. The van der Waals surface area contributed by atoms with Crippen LogP contribution in [0.25, 0.3) is 0 Å². The van der Waals surface area contributed by atoms with Gasteiger partial charge >= 0.3 is 6.09 Å². The zero-order valence-corrected chi connectivity index (χ0v) is 26.1. The molecule has 0 bridgehead atoms. The van der Waals surface area contributed by atoms with E-state index in [1.165, 1.54) is 44.9 Å². The van der Waals surface area contributed by atoms with Gasteiger partial charge in [0, 0.05) is 13.1 Å². The number of ether oxygens (including phenoxy) is 2. The van der Waals surface area contributed by atoms with Crippen LogP contribution in [0.4, 0.5) is 4.79 Å². The summed E-state index contributed by atoms with van der Waals surface area (Å²) in [5.74, 6) is 0.113. The van der Waals surface area contributed by atoms with Crippen LogP contribution in [0.1, 0.15) is 88.2 Å². The van der Waals surface area contributed by atoms with E-state index in [2.05, 4.69) is 16.0 Å². The van der Waals surface area contributed by atoms with E-state index < -0.39 is 24.1 Å². The summed E-state index contributed by atoms with van der Waals surface area (Å²) in [6, 6.07) is 17.6. The Morgan fingerprint density at radius 2 is 1.36 bits per heavy atom. The SMILES string of the molecule is N[C@@H](COCc1ccccc1)C(=O)N[C@@H](CCCCNC(=O)OCc1ccccc1)C(=O)NCCCC1CCCCCCC1. The molecule has 0 aliphatic heterocycles. The molecule has 2 aromatic rings. The lowest BCUT2D eigenvalue weighted by molar-refractivity contribution is -0.130. The van der Waals surface area contributed by atoms with Crippen molar-refractivity contribution in [1.82, 2.24) is 16.0 Å². The van der Waals surface area contributed by atoms with Gasteiger partial charge in [0.1, 0.15) is 18.7 Å². The van der Waals surface area contributed by atoms with Gasteiger partial charge in [-0.1, -0.05) is 106 Å². The topological polar surface area (TPSA) is 132 Å². The molecule has 0 unspecified atom stereocenters. The van der Waals surface area contributed by atoms with Crippen molar-refractivity contribution in [2.45, 2.75) is 102 Å². The number of nitrogens with two attached hydrogens (primary N) is 1. The van der Waals surface area contributed by atoms with E-state index in [-0.39, 0.29) is 19.1 Å². The van der Waals surface area contributed by atoms with Gasteiger partial charge in [0.25, 0.3) is 0 Å². The average Bonchev–Trinajstić information content (AvgIpc) is 3.02. The van der Waals surface area contributed by atoms with E-state index in [0.717, 1.165) is 29.9 Å². The highest BCUT2D eigenvalue weighted by molar-refractivity contribution is 5.89. The molecule has 0 heterocycles. The van der Waals surface area contributed by atoms with Crippen molar-refractivity contribution in [2.24, 2.45) is 11.7 Å². The third-order valence-electron chi connectivity index (χ3n) is 8.09. The summed E-state index contributed by atoms with van der Waals surface area (Å²) in [5.41, 5.74) is 8.02. The molecule has 0 saturated heterocycles. The molecule has 9 nitrogen and oxygen atoms in total. The molecule has 44 heavy (non-hydrogen) atoms. The Hall–Kier alpha value is -3.43. The molecule has 0 aromatic heterocycles. The predicted octanol–water partition coefficient (Wildman–Crippen LogP) is 5.37. The maximum Gasteiger partial charge on any atom is 0.407 e. The molecule has 9 heteroatoms. The molecule has 5 N–H and O–H groups in total. The molecular formula is C35H52N4O5. The first-order valence-corrected chi connectivity index (χ1v) is 16.4. The zero-order chi connectivity index (χ0) is 31.2. The normalized spacial score (nSPS) is 15.3. The first-order chi connectivity index (χ1) is 21.5. The van der Waals surface area contributed by atoms with Gasteiger partial charge in [0.2, 0.25) is 11.8 Å². The second-order valence-corrected chi connectivity index (χ2v) is 11.8. The molecule has 1 saturated carbocycles. The highest BCUT2D eigenvalue weighted by Gasteiger charge is 2.24. The van der Waals surface area contributed by atoms with Gasteiger partial charge in [-0.25, -0.2) is 4.79 Å². The van der Waals surface area contributed by atoms with Crippen LogP contribution < -0.4 is 21.7 Å². The van der Waals surface area contributed by atoms with Gasteiger partial charge in [0.15, 0.2) is 0 Å². The van der Waals surface area contributed by atoms with E-state index in [0.29, 0.717) is 39.0 Å². The molecule has 1 aliphatic carbocycles. The van der Waals surface area contributed by atoms with Crippen LogP contribution in [0.5, 0.6) is 0 Å². The van der Waals surface area contributed by atoms with Crippen molar-refractivity contribution in [3.8, 4) is 0 Å². The van der Waals surface area contributed by atoms with Crippen molar-refractivity contribution >= 4 is 17.9 Å². The Kier molecular flexibility index (Phi) is 17.0. The lowest BCUT2D eigenvalue weighted by Crippen LogP contribution is -2.52. The number of nitrogens with one attached hydrogen (secondary N) is 3. The summed E-state index contributed by atoms with van der Waals surface area (Å²) in [5, 5.41) is 8.62. The smallest absolute Gasteiger partial charge is 0.407 e. The number of rotatable bonds is 18. The fraction of sp³-hybridized carbons (Fsp3) is 0.571. The van der Waals surface area contributed by atoms with Crippen LogP contribution in [-0.2, 0) is 32.3 Å². The fourth-order valence-corrected chi connectivity index (χ4v) is 5.49.